The summed E-state index contributed by atoms with van der Waals surface area (Å²) in [4.78, 5) is 14.3. The van der Waals surface area contributed by atoms with Gasteiger partial charge in [-0.25, -0.2) is 8.42 Å². The molecule has 0 radical (unpaired) electrons. The molecule has 1 heterocycles. The molecule has 0 saturated carbocycles. The van der Waals surface area contributed by atoms with E-state index in [9.17, 15) is 13.2 Å². The molecule has 0 unspecified atom stereocenters. The van der Waals surface area contributed by atoms with Crippen molar-refractivity contribution in [3.05, 3.63) is 23.8 Å². The highest BCUT2D eigenvalue weighted by molar-refractivity contribution is 8.13. The van der Waals surface area contributed by atoms with Gasteiger partial charge in [0.15, 0.2) is 11.9 Å². The maximum Gasteiger partial charge on any atom is 0.332 e. The van der Waals surface area contributed by atoms with Crippen molar-refractivity contribution in [1.29, 1.82) is 0 Å². The third kappa shape index (κ3) is 1.73. The first kappa shape index (κ1) is 10.1. The monoisotopic (exact) mass is 245 g/mol. The zero-order chi connectivity index (χ0) is 11.1. The van der Waals surface area contributed by atoms with Crippen molar-refractivity contribution in [3.63, 3.8) is 0 Å². The van der Waals surface area contributed by atoms with E-state index in [-0.39, 0.29) is 16.7 Å². The van der Waals surface area contributed by atoms with E-state index in [0.717, 1.165) is 0 Å². The van der Waals surface area contributed by atoms with E-state index in [1.807, 2.05) is 0 Å². The number of nitrogens with zero attached hydrogens (tertiary/aromatic N) is 1. The molecule has 0 fully saturated rings. The number of aldehydes is 1. The van der Waals surface area contributed by atoms with Gasteiger partial charge in [0.1, 0.15) is 5.52 Å². The van der Waals surface area contributed by atoms with Crippen molar-refractivity contribution in [2.24, 2.45) is 0 Å². The number of benzene rings is 1. The Morgan fingerprint density at radius 1 is 1.40 bits per heavy atom. The summed E-state index contributed by atoms with van der Waals surface area (Å²) >= 11 is 0. The molecule has 2 rings (SSSR count). The first-order valence-corrected chi connectivity index (χ1v) is 6.12. The van der Waals surface area contributed by atoms with Crippen molar-refractivity contribution in [2.75, 3.05) is 0 Å². The molecular weight excluding hydrogens is 242 g/mol. The van der Waals surface area contributed by atoms with E-state index >= 15 is 0 Å². The number of fused-ring (bicyclic) bond motifs is 1. The second-order valence-electron chi connectivity index (χ2n) is 2.73. The zero-order valence-electron chi connectivity index (χ0n) is 7.18. The summed E-state index contributed by atoms with van der Waals surface area (Å²) < 4.78 is 26.7. The standard InChI is InChI=1S/C8H4ClNO4S/c9-15(12,13)8-10-6-3-1-2-5(4-11)7(6)14-8/h1-4H. The third-order valence-corrected chi connectivity index (χ3v) is 2.75. The van der Waals surface area contributed by atoms with Crippen molar-refractivity contribution in [1.82, 2.24) is 4.98 Å². The summed E-state index contributed by atoms with van der Waals surface area (Å²) in [6.07, 6.45) is 0.554. The predicted molar refractivity (Wildman–Crippen MR) is 52.4 cm³/mol. The summed E-state index contributed by atoms with van der Waals surface area (Å²) in [6.45, 7) is 0. The number of carbonyl (C=O) groups excluding carboxylic acids is 1. The Balaban J connectivity index is 2.82. The van der Waals surface area contributed by atoms with Crippen molar-refractivity contribution < 1.29 is 17.6 Å². The zero-order valence-corrected chi connectivity index (χ0v) is 8.75. The van der Waals surface area contributed by atoms with Crippen LogP contribution in [0.1, 0.15) is 10.4 Å². The molecule has 0 N–H and O–H groups in total. The van der Waals surface area contributed by atoms with Crippen LogP contribution in [-0.2, 0) is 9.05 Å². The first-order valence-electron chi connectivity index (χ1n) is 3.82. The molecule has 0 aliphatic heterocycles. The Hall–Kier alpha value is -1.40. The van der Waals surface area contributed by atoms with Crippen molar-refractivity contribution >= 4 is 37.1 Å². The fourth-order valence-electron chi connectivity index (χ4n) is 1.15. The minimum atomic E-state index is -4.01. The van der Waals surface area contributed by atoms with Crippen molar-refractivity contribution in [2.45, 2.75) is 5.22 Å². The van der Waals surface area contributed by atoms with Crippen molar-refractivity contribution in [3.8, 4) is 0 Å². The first-order chi connectivity index (χ1) is 7.02. The maximum absolute atomic E-state index is 10.9. The van der Waals surface area contributed by atoms with Crippen LogP contribution < -0.4 is 0 Å². The van der Waals surface area contributed by atoms with Crippen LogP contribution in [-0.4, -0.2) is 19.7 Å². The smallest absolute Gasteiger partial charge is 0.332 e. The van der Waals surface area contributed by atoms with Gasteiger partial charge in [-0.05, 0) is 12.1 Å². The second-order valence-corrected chi connectivity index (χ2v) is 5.17. The molecule has 78 valence electrons. The van der Waals surface area contributed by atoms with Gasteiger partial charge in [-0.1, -0.05) is 6.07 Å². The van der Waals surface area contributed by atoms with E-state index in [1.54, 1.807) is 6.07 Å². The van der Waals surface area contributed by atoms with Crippen LogP contribution in [0.3, 0.4) is 0 Å². The topological polar surface area (TPSA) is 77.2 Å². The molecule has 1 aromatic carbocycles. The van der Waals surface area contributed by atoms with Crippen LogP contribution in [0.4, 0.5) is 0 Å². The molecule has 0 spiro atoms. The number of para-hydroxylation sites is 1. The highest BCUT2D eigenvalue weighted by atomic mass is 35.7. The van der Waals surface area contributed by atoms with Gasteiger partial charge in [0.2, 0.25) is 0 Å². The fourth-order valence-corrected chi connectivity index (χ4v) is 1.74. The lowest BCUT2D eigenvalue weighted by Crippen LogP contribution is -1.88. The average molecular weight is 246 g/mol. The Kier molecular flexibility index (Phi) is 2.24. The summed E-state index contributed by atoms with van der Waals surface area (Å²) in [7, 11) is 1.04. The quantitative estimate of drug-likeness (QED) is 0.593. The summed E-state index contributed by atoms with van der Waals surface area (Å²) in [5.41, 5.74) is 0.622. The summed E-state index contributed by atoms with van der Waals surface area (Å²) in [5.74, 6) is 0. The fraction of sp³-hybridized carbons (Fsp3) is 0. The highest BCUT2D eigenvalue weighted by Gasteiger charge is 2.19. The number of halogens is 1. The van der Waals surface area contributed by atoms with E-state index in [0.29, 0.717) is 6.29 Å². The minimum Gasteiger partial charge on any atom is -0.426 e. The Morgan fingerprint density at radius 2 is 2.13 bits per heavy atom. The van der Waals surface area contributed by atoms with Gasteiger partial charge in [-0.2, -0.15) is 4.98 Å². The maximum atomic E-state index is 10.9. The highest BCUT2D eigenvalue weighted by Crippen LogP contribution is 2.23. The van der Waals surface area contributed by atoms with E-state index < -0.39 is 14.3 Å². The lowest BCUT2D eigenvalue weighted by Gasteiger charge is -1.88. The molecule has 1 aromatic heterocycles. The molecule has 0 saturated heterocycles. The Morgan fingerprint density at radius 3 is 2.73 bits per heavy atom. The number of hydrogen-bond donors (Lipinski definition) is 0. The molecule has 2 aromatic rings. The molecule has 5 nitrogen and oxygen atoms in total. The SMILES string of the molecule is O=Cc1cccc2nc(S(=O)(=O)Cl)oc12. The van der Waals surface area contributed by atoms with Crippen LogP contribution in [0.15, 0.2) is 27.8 Å². The van der Waals surface area contributed by atoms with Crippen LogP contribution in [0.5, 0.6) is 0 Å². The lowest BCUT2D eigenvalue weighted by atomic mass is 10.2. The van der Waals surface area contributed by atoms with Gasteiger partial charge in [0, 0.05) is 10.7 Å². The number of carbonyl (C=O) groups is 1. The Labute approximate surface area is 89.1 Å². The van der Waals surface area contributed by atoms with Gasteiger partial charge in [0.05, 0.1) is 5.56 Å². The van der Waals surface area contributed by atoms with E-state index in [1.165, 1.54) is 12.1 Å². The summed E-state index contributed by atoms with van der Waals surface area (Å²) in [6, 6.07) is 4.59. The van der Waals surface area contributed by atoms with E-state index in [4.69, 9.17) is 15.1 Å². The average Bonchev–Trinajstić information content (AvgIpc) is 2.59. The molecule has 0 amide bonds. The Bertz CT molecular complexity index is 631. The van der Waals surface area contributed by atoms with Crippen LogP contribution in [0.2, 0.25) is 0 Å². The third-order valence-electron chi connectivity index (χ3n) is 1.76. The molecule has 0 aliphatic rings. The molecule has 0 atom stereocenters. The number of rotatable bonds is 2. The van der Waals surface area contributed by atoms with E-state index in [2.05, 4.69) is 4.98 Å². The molecule has 15 heavy (non-hydrogen) atoms. The molecule has 0 bridgehead atoms. The number of oxazole rings is 1. The van der Waals surface area contributed by atoms with Crippen LogP contribution in [0, 0.1) is 0 Å². The van der Waals surface area contributed by atoms with Gasteiger partial charge in [-0.15, -0.1) is 0 Å². The number of aromatic nitrogens is 1. The minimum absolute atomic E-state index is 0.117. The van der Waals surface area contributed by atoms with Crippen LogP contribution in [0.25, 0.3) is 11.1 Å². The second kappa shape index (κ2) is 3.32. The van der Waals surface area contributed by atoms with Gasteiger partial charge >= 0.3 is 14.3 Å². The number of hydrogen-bond acceptors (Lipinski definition) is 5. The molecule has 0 aliphatic carbocycles. The summed E-state index contributed by atoms with van der Waals surface area (Å²) in [5, 5.41) is -0.603. The van der Waals surface area contributed by atoms with Crippen LogP contribution >= 0.6 is 10.7 Å². The normalized spacial score (nSPS) is 11.8. The lowest BCUT2D eigenvalue weighted by molar-refractivity contribution is 0.112. The largest absolute Gasteiger partial charge is 0.426 e. The van der Waals surface area contributed by atoms with Gasteiger partial charge in [0.25, 0.3) is 0 Å². The van der Waals surface area contributed by atoms with Gasteiger partial charge < -0.3 is 4.42 Å². The molecular formula is C8H4ClNO4S. The predicted octanol–water partition coefficient (Wildman–Crippen LogP) is 1.57. The molecule has 7 heteroatoms. The van der Waals surface area contributed by atoms with Gasteiger partial charge in [-0.3, -0.25) is 4.79 Å².